The summed E-state index contributed by atoms with van der Waals surface area (Å²) < 4.78 is 4.95. The third-order valence-corrected chi connectivity index (χ3v) is 3.54. The minimum Gasteiger partial charge on any atom is -0.504 e. The van der Waals surface area contributed by atoms with Gasteiger partial charge in [0.2, 0.25) is 0 Å². The Morgan fingerprint density at radius 3 is 2.80 bits per heavy atom. The molecule has 6 heteroatoms. The molecule has 0 bridgehead atoms. The first kappa shape index (κ1) is 14.2. The Labute approximate surface area is 117 Å². The van der Waals surface area contributed by atoms with Crippen LogP contribution in [0.3, 0.4) is 0 Å². The number of methoxy groups -OCH3 is 1. The van der Waals surface area contributed by atoms with Crippen LogP contribution >= 0.6 is 0 Å². The predicted octanol–water partition coefficient (Wildman–Crippen LogP) is 1.71. The molecule has 1 saturated heterocycles. The topological polar surface area (TPSA) is 82.4 Å². The van der Waals surface area contributed by atoms with Crippen LogP contribution in [0.1, 0.15) is 23.7 Å². The van der Waals surface area contributed by atoms with Crippen molar-refractivity contribution in [3.05, 3.63) is 23.8 Å². The number of nitrogens with zero attached hydrogens (tertiary/aromatic N) is 2. The summed E-state index contributed by atoms with van der Waals surface area (Å²) in [5.74, 6) is 0.167. The number of phenols is 1. The zero-order chi connectivity index (χ0) is 14.7. The number of hydrogen-bond acceptors (Lipinski definition) is 5. The minimum absolute atomic E-state index is 0.0320. The van der Waals surface area contributed by atoms with Crippen molar-refractivity contribution in [2.45, 2.75) is 13.3 Å². The molecule has 0 radical (unpaired) electrons. The van der Waals surface area contributed by atoms with E-state index in [0.717, 1.165) is 0 Å². The second-order valence-corrected chi connectivity index (χ2v) is 4.88. The van der Waals surface area contributed by atoms with Crippen LogP contribution in [0.2, 0.25) is 0 Å². The van der Waals surface area contributed by atoms with Crippen molar-refractivity contribution in [1.29, 1.82) is 0 Å². The number of benzene rings is 1. The maximum atomic E-state index is 12.4. The lowest BCUT2D eigenvalue weighted by Gasteiger charge is -2.31. The summed E-state index contributed by atoms with van der Waals surface area (Å²) in [5.41, 5.74) is 1.13. The van der Waals surface area contributed by atoms with Crippen molar-refractivity contribution >= 4 is 11.6 Å². The lowest BCUT2D eigenvalue weighted by Crippen LogP contribution is -2.43. The summed E-state index contributed by atoms with van der Waals surface area (Å²) in [4.78, 5) is 14.1. The zero-order valence-electron chi connectivity index (χ0n) is 11.5. The monoisotopic (exact) mass is 278 g/mol. The molecule has 0 aromatic heterocycles. The Hall–Kier alpha value is -2.24. The van der Waals surface area contributed by atoms with E-state index in [-0.39, 0.29) is 17.6 Å². The molecule has 1 heterocycles. The normalized spacial score (nSPS) is 21.0. The summed E-state index contributed by atoms with van der Waals surface area (Å²) in [6.45, 7) is 2.93. The van der Waals surface area contributed by atoms with E-state index in [4.69, 9.17) is 9.94 Å². The summed E-state index contributed by atoms with van der Waals surface area (Å²) in [7, 11) is 1.46. The van der Waals surface area contributed by atoms with E-state index in [1.807, 2.05) is 6.92 Å². The molecule has 0 aliphatic carbocycles. The molecule has 2 N–H and O–H groups in total. The van der Waals surface area contributed by atoms with Crippen molar-refractivity contribution < 1.29 is 19.8 Å². The average Bonchev–Trinajstić information content (AvgIpc) is 2.46. The molecule has 6 nitrogen and oxygen atoms in total. The fourth-order valence-corrected chi connectivity index (χ4v) is 2.36. The van der Waals surface area contributed by atoms with Crippen molar-refractivity contribution in [3.63, 3.8) is 0 Å². The third kappa shape index (κ3) is 2.68. The van der Waals surface area contributed by atoms with E-state index in [1.165, 1.54) is 13.2 Å². The number of carbonyl (C=O) groups is 1. The Balaban J connectivity index is 2.14. The van der Waals surface area contributed by atoms with Gasteiger partial charge in [-0.25, -0.2) is 0 Å². The first-order chi connectivity index (χ1) is 9.56. The molecule has 0 spiro atoms. The van der Waals surface area contributed by atoms with Gasteiger partial charge in [-0.3, -0.25) is 4.79 Å². The van der Waals surface area contributed by atoms with Gasteiger partial charge in [-0.1, -0.05) is 12.1 Å². The minimum atomic E-state index is -0.146. The van der Waals surface area contributed by atoms with E-state index < -0.39 is 0 Å². The Morgan fingerprint density at radius 2 is 2.25 bits per heavy atom. The lowest BCUT2D eigenvalue weighted by molar-refractivity contribution is 0.0733. The Kier molecular flexibility index (Phi) is 4.12. The van der Waals surface area contributed by atoms with Crippen LogP contribution in [-0.4, -0.2) is 47.0 Å². The number of oxime groups is 1. The number of phenolic OH excluding ortho intramolecular Hbond substituents is 1. The molecule has 1 aromatic carbocycles. The van der Waals surface area contributed by atoms with Crippen molar-refractivity contribution in [3.8, 4) is 11.5 Å². The van der Waals surface area contributed by atoms with Gasteiger partial charge in [0, 0.05) is 31.0 Å². The van der Waals surface area contributed by atoms with Gasteiger partial charge in [0.15, 0.2) is 11.5 Å². The van der Waals surface area contributed by atoms with Gasteiger partial charge < -0.3 is 20.0 Å². The highest BCUT2D eigenvalue weighted by molar-refractivity contribution is 5.97. The molecule has 1 atom stereocenters. The SMILES string of the molecule is COc1ccc(C(=O)N2CC/C(=N/O)C(C)C2)cc1O. The van der Waals surface area contributed by atoms with E-state index in [1.54, 1.807) is 17.0 Å². The van der Waals surface area contributed by atoms with Crippen LogP contribution < -0.4 is 4.74 Å². The second kappa shape index (κ2) is 5.81. The van der Waals surface area contributed by atoms with E-state index in [2.05, 4.69) is 5.16 Å². The van der Waals surface area contributed by atoms with E-state index >= 15 is 0 Å². The average molecular weight is 278 g/mol. The summed E-state index contributed by atoms with van der Waals surface area (Å²) in [6.07, 6.45) is 0.561. The van der Waals surface area contributed by atoms with Crippen molar-refractivity contribution in [2.24, 2.45) is 11.1 Å². The first-order valence-corrected chi connectivity index (χ1v) is 6.44. The summed E-state index contributed by atoms with van der Waals surface area (Å²) in [6, 6.07) is 4.60. The Morgan fingerprint density at radius 1 is 1.50 bits per heavy atom. The van der Waals surface area contributed by atoms with Gasteiger partial charge in [0.05, 0.1) is 12.8 Å². The number of ether oxygens (including phenoxy) is 1. The molecule has 1 fully saturated rings. The summed E-state index contributed by atoms with van der Waals surface area (Å²) in [5, 5.41) is 21.8. The molecule has 1 aromatic rings. The number of rotatable bonds is 2. The number of piperidine rings is 1. The number of likely N-dealkylation sites (tertiary alicyclic amines) is 1. The fourth-order valence-electron chi connectivity index (χ4n) is 2.36. The van der Waals surface area contributed by atoms with Crippen molar-refractivity contribution in [1.82, 2.24) is 4.90 Å². The fraction of sp³-hybridized carbons (Fsp3) is 0.429. The Bertz CT molecular complexity index is 542. The molecule has 2 rings (SSSR count). The van der Waals surface area contributed by atoms with Crippen LogP contribution in [-0.2, 0) is 0 Å². The summed E-state index contributed by atoms with van der Waals surface area (Å²) >= 11 is 0. The number of carbonyl (C=O) groups excluding carboxylic acids is 1. The molecule has 1 unspecified atom stereocenters. The molecule has 1 amide bonds. The zero-order valence-corrected chi connectivity index (χ0v) is 11.5. The van der Waals surface area contributed by atoms with Gasteiger partial charge in [0.25, 0.3) is 5.91 Å². The highest BCUT2D eigenvalue weighted by Gasteiger charge is 2.26. The molecule has 20 heavy (non-hydrogen) atoms. The smallest absolute Gasteiger partial charge is 0.254 e. The largest absolute Gasteiger partial charge is 0.504 e. The molecular formula is C14H18N2O4. The highest BCUT2D eigenvalue weighted by atomic mass is 16.5. The third-order valence-electron chi connectivity index (χ3n) is 3.54. The standard InChI is InChI=1S/C14H18N2O4/c1-9-8-16(6-5-11(9)15-19)14(18)10-3-4-13(20-2)12(17)7-10/h3-4,7,9,17,19H,5-6,8H2,1-2H3/b15-11-. The van der Waals surface area contributed by atoms with Crippen LogP contribution in [0.15, 0.2) is 23.4 Å². The van der Waals surface area contributed by atoms with Gasteiger partial charge >= 0.3 is 0 Å². The van der Waals surface area contributed by atoms with Gasteiger partial charge in [-0.05, 0) is 18.2 Å². The van der Waals surface area contributed by atoms with E-state index in [0.29, 0.717) is 36.5 Å². The van der Waals surface area contributed by atoms with Crippen LogP contribution in [0.4, 0.5) is 0 Å². The second-order valence-electron chi connectivity index (χ2n) is 4.88. The van der Waals surface area contributed by atoms with Crippen LogP contribution in [0, 0.1) is 5.92 Å². The predicted molar refractivity (Wildman–Crippen MR) is 73.6 cm³/mol. The number of amides is 1. The van der Waals surface area contributed by atoms with Gasteiger partial charge in [-0.15, -0.1) is 0 Å². The molecule has 108 valence electrons. The first-order valence-electron chi connectivity index (χ1n) is 6.44. The van der Waals surface area contributed by atoms with Gasteiger partial charge in [0.1, 0.15) is 0 Å². The maximum Gasteiger partial charge on any atom is 0.254 e. The molecule has 1 aliphatic rings. The van der Waals surface area contributed by atoms with Crippen molar-refractivity contribution in [2.75, 3.05) is 20.2 Å². The molecule has 1 aliphatic heterocycles. The quantitative estimate of drug-likeness (QED) is 0.637. The molecular weight excluding hydrogens is 260 g/mol. The number of hydrogen-bond donors (Lipinski definition) is 2. The molecule has 0 saturated carbocycles. The lowest BCUT2D eigenvalue weighted by atomic mass is 9.97. The van der Waals surface area contributed by atoms with E-state index in [9.17, 15) is 9.90 Å². The maximum absolute atomic E-state index is 12.4. The van der Waals surface area contributed by atoms with Crippen LogP contribution in [0.5, 0.6) is 11.5 Å². The number of aromatic hydroxyl groups is 1. The van der Waals surface area contributed by atoms with Crippen LogP contribution in [0.25, 0.3) is 0 Å². The highest BCUT2D eigenvalue weighted by Crippen LogP contribution is 2.27. The van der Waals surface area contributed by atoms with Gasteiger partial charge in [-0.2, -0.15) is 0 Å².